The molecule has 2 heteroatoms. The highest BCUT2D eigenvalue weighted by atomic mass is 16.3. The molecule has 34 heavy (non-hydrogen) atoms. The van der Waals surface area contributed by atoms with Gasteiger partial charge in [-0.25, -0.2) is 0 Å². The average molecular weight is 471 g/mol. The molecule has 0 rings (SSSR count). The highest BCUT2D eigenvalue weighted by Gasteiger charge is 2.02. The Morgan fingerprint density at radius 2 is 0.824 bits per heavy atom. The van der Waals surface area contributed by atoms with Gasteiger partial charge in [-0.05, 0) is 43.8 Å². The summed E-state index contributed by atoms with van der Waals surface area (Å²) in [5, 5.41) is 18.5. The molecule has 2 nitrogen and oxygen atoms in total. The highest BCUT2D eigenvalue weighted by Crippen LogP contribution is 2.19. The van der Waals surface area contributed by atoms with Gasteiger partial charge < -0.3 is 10.2 Å². The maximum absolute atomic E-state index is 9.24. The lowest BCUT2D eigenvalue weighted by atomic mass is 9.95. The van der Waals surface area contributed by atoms with E-state index in [4.69, 9.17) is 12.8 Å². The summed E-state index contributed by atoms with van der Waals surface area (Å²) in [5.74, 6) is 5.48. The molecule has 2 N–H and O–H groups in total. The van der Waals surface area contributed by atoms with Crippen LogP contribution in [0.3, 0.4) is 0 Å². The van der Waals surface area contributed by atoms with Crippen molar-refractivity contribution >= 4 is 0 Å². The molecular weight excluding hydrogens is 416 g/mol. The Morgan fingerprint density at radius 3 is 1.15 bits per heavy atom. The van der Waals surface area contributed by atoms with Crippen LogP contribution in [0.2, 0.25) is 0 Å². The number of hydrogen-bond donors (Lipinski definition) is 2. The van der Waals surface area contributed by atoms with Gasteiger partial charge in [0.05, 0.1) is 0 Å². The van der Waals surface area contributed by atoms with Crippen LogP contribution in [0.1, 0.15) is 135 Å². The van der Waals surface area contributed by atoms with Crippen molar-refractivity contribution in [3.05, 3.63) is 24.3 Å². The summed E-state index contributed by atoms with van der Waals surface area (Å²) < 4.78 is 0. The first-order valence-electron chi connectivity index (χ1n) is 14.2. The van der Waals surface area contributed by atoms with Gasteiger partial charge in [0.1, 0.15) is 12.2 Å². The minimum atomic E-state index is -0.718. The first-order valence-corrected chi connectivity index (χ1v) is 14.2. The number of allylic oxidation sites excluding steroid dienone is 2. The zero-order valence-corrected chi connectivity index (χ0v) is 22.2. The molecule has 0 spiro atoms. The fourth-order valence-corrected chi connectivity index (χ4v) is 4.34. The number of aliphatic hydroxyl groups is 2. The molecule has 0 aromatic rings. The molecule has 3 atom stereocenters. The van der Waals surface area contributed by atoms with E-state index in [1.54, 1.807) is 12.2 Å². The molecule has 0 saturated carbocycles. The van der Waals surface area contributed by atoms with Crippen molar-refractivity contribution in [1.82, 2.24) is 0 Å². The van der Waals surface area contributed by atoms with E-state index < -0.39 is 12.2 Å². The van der Waals surface area contributed by atoms with Gasteiger partial charge in [-0.2, -0.15) is 0 Å². The van der Waals surface area contributed by atoms with Crippen molar-refractivity contribution in [2.75, 3.05) is 0 Å². The van der Waals surface area contributed by atoms with E-state index >= 15 is 0 Å². The quantitative estimate of drug-likeness (QED) is 0.0843. The van der Waals surface area contributed by atoms with Crippen LogP contribution in [0.15, 0.2) is 24.3 Å². The van der Waals surface area contributed by atoms with Crippen LogP contribution in [0.5, 0.6) is 0 Å². The average Bonchev–Trinajstić information content (AvgIpc) is 2.84. The molecule has 0 aliphatic heterocycles. The minimum absolute atomic E-state index is 0.717. The largest absolute Gasteiger partial charge is 0.377 e. The molecule has 0 aliphatic rings. The second-order valence-electron chi connectivity index (χ2n) is 10.00. The molecule has 0 fully saturated rings. The van der Waals surface area contributed by atoms with Crippen molar-refractivity contribution in [2.45, 2.75) is 148 Å². The first-order chi connectivity index (χ1) is 16.6. The Morgan fingerprint density at radius 1 is 0.529 bits per heavy atom. The molecule has 0 heterocycles. The Balaban J connectivity index is 3.26. The van der Waals surface area contributed by atoms with Crippen LogP contribution in [-0.2, 0) is 0 Å². The summed E-state index contributed by atoms with van der Waals surface area (Å²) in [6, 6.07) is 0. The fourth-order valence-electron chi connectivity index (χ4n) is 4.34. The highest BCUT2D eigenvalue weighted by molar-refractivity contribution is 5.06. The number of aliphatic hydroxyl groups excluding tert-OH is 2. The van der Waals surface area contributed by atoms with Crippen molar-refractivity contribution in [3.63, 3.8) is 0 Å². The molecule has 0 saturated heterocycles. The molecular formula is C32H54O2. The third-order valence-corrected chi connectivity index (χ3v) is 6.61. The summed E-state index contributed by atoms with van der Waals surface area (Å²) in [6.45, 7) is 2.43. The van der Waals surface area contributed by atoms with Gasteiger partial charge in [-0.1, -0.05) is 134 Å². The zero-order chi connectivity index (χ0) is 25.1. The number of terminal acetylenes is 2. The second-order valence-corrected chi connectivity index (χ2v) is 10.00. The summed E-state index contributed by atoms with van der Waals surface area (Å²) >= 11 is 0. The Bertz CT molecular complexity index is 563. The molecule has 0 aromatic heterocycles. The lowest BCUT2D eigenvalue weighted by molar-refractivity contribution is 0.280. The summed E-state index contributed by atoms with van der Waals surface area (Å²) in [4.78, 5) is 0. The second kappa shape index (κ2) is 26.1. The van der Waals surface area contributed by atoms with E-state index in [-0.39, 0.29) is 0 Å². The van der Waals surface area contributed by atoms with Crippen LogP contribution < -0.4 is 0 Å². The topological polar surface area (TPSA) is 40.5 Å². The van der Waals surface area contributed by atoms with E-state index in [0.717, 1.165) is 18.8 Å². The maximum Gasteiger partial charge on any atom is 0.133 e. The van der Waals surface area contributed by atoms with Crippen molar-refractivity contribution in [3.8, 4) is 24.7 Å². The van der Waals surface area contributed by atoms with Crippen LogP contribution in [0.4, 0.5) is 0 Å². The smallest absolute Gasteiger partial charge is 0.133 e. The van der Waals surface area contributed by atoms with E-state index in [0.29, 0.717) is 0 Å². The summed E-state index contributed by atoms with van der Waals surface area (Å²) in [5.41, 5.74) is 0. The van der Waals surface area contributed by atoms with Crippen molar-refractivity contribution in [2.24, 2.45) is 5.92 Å². The summed E-state index contributed by atoms with van der Waals surface area (Å²) in [7, 11) is 0. The van der Waals surface area contributed by atoms with Gasteiger partial charge >= 0.3 is 0 Å². The van der Waals surface area contributed by atoms with Gasteiger partial charge in [0.25, 0.3) is 0 Å². The van der Waals surface area contributed by atoms with Crippen molar-refractivity contribution in [1.29, 1.82) is 0 Å². The molecule has 0 aliphatic carbocycles. The molecule has 194 valence electrons. The normalized spacial score (nSPS) is 14.3. The summed E-state index contributed by atoms with van der Waals surface area (Å²) in [6.07, 6.45) is 42.6. The molecule has 0 unspecified atom stereocenters. The number of rotatable bonds is 24. The van der Waals surface area contributed by atoms with Crippen LogP contribution in [-0.4, -0.2) is 22.4 Å². The lowest BCUT2D eigenvalue weighted by Gasteiger charge is -2.11. The predicted octanol–water partition coefficient (Wildman–Crippen LogP) is 8.53. The van der Waals surface area contributed by atoms with Gasteiger partial charge in [0, 0.05) is 0 Å². The SMILES string of the molecule is C#C[C@H](O)C=CCCCCCCCCCCCC[C@@H](C)CCCCCCCCC=C[C@@H](O)C#C. The van der Waals surface area contributed by atoms with E-state index in [1.807, 2.05) is 12.2 Å². The Labute approximate surface area is 212 Å². The van der Waals surface area contributed by atoms with Crippen LogP contribution >= 0.6 is 0 Å². The first kappa shape index (κ1) is 32.5. The van der Waals surface area contributed by atoms with Gasteiger partial charge in [0.2, 0.25) is 0 Å². The molecule has 0 bridgehead atoms. The zero-order valence-electron chi connectivity index (χ0n) is 22.2. The minimum Gasteiger partial charge on any atom is -0.377 e. The molecule has 0 radical (unpaired) electrons. The molecule has 0 aromatic carbocycles. The Kier molecular flexibility index (Phi) is 25.0. The number of unbranched alkanes of at least 4 members (excludes halogenated alkanes) is 16. The standard InChI is InChI=1S/C32H54O2/c1-4-31(33)28-24-20-16-11-9-7-6-8-10-14-18-22-26-30(3)27-23-19-15-12-13-17-21-25-29-32(34)5-2/h1-2,24-25,28-34H,6-23,26-27H2,3H3/t30-,31+,32+/m1/s1. The lowest BCUT2D eigenvalue weighted by Crippen LogP contribution is -1.95. The number of hydrogen-bond acceptors (Lipinski definition) is 2. The maximum atomic E-state index is 9.24. The third-order valence-electron chi connectivity index (χ3n) is 6.61. The van der Waals surface area contributed by atoms with Crippen LogP contribution in [0, 0.1) is 30.6 Å². The van der Waals surface area contributed by atoms with E-state index in [9.17, 15) is 10.2 Å². The monoisotopic (exact) mass is 470 g/mol. The van der Waals surface area contributed by atoms with Gasteiger partial charge in [-0.3, -0.25) is 0 Å². The van der Waals surface area contributed by atoms with E-state index in [2.05, 4.69) is 18.8 Å². The third kappa shape index (κ3) is 25.1. The van der Waals surface area contributed by atoms with Crippen LogP contribution in [0.25, 0.3) is 0 Å². The van der Waals surface area contributed by atoms with Gasteiger partial charge in [-0.15, -0.1) is 12.8 Å². The van der Waals surface area contributed by atoms with Gasteiger partial charge in [0.15, 0.2) is 0 Å². The Hall–Kier alpha value is -1.48. The van der Waals surface area contributed by atoms with E-state index in [1.165, 1.54) is 116 Å². The fraction of sp³-hybridized carbons (Fsp3) is 0.750. The molecule has 0 amide bonds. The van der Waals surface area contributed by atoms with Crippen molar-refractivity contribution < 1.29 is 10.2 Å². The predicted molar refractivity (Wildman–Crippen MR) is 149 cm³/mol.